The van der Waals surface area contributed by atoms with Gasteiger partial charge in [-0.05, 0) is 53.0 Å². The first-order valence-electron chi connectivity index (χ1n) is 11.1. The Hall–Kier alpha value is -2.93. The average molecular weight is 438 g/mol. The fourth-order valence-electron chi connectivity index (χ4n) is 4.60. The Labute approximate surface area is 188 Å². The molecule has 1 aromatic heterocycles. The number of carboxylic acid groups (broad SMARTS) is 1. The molecule has 0 spiro atoms. The number of carbonyl (C=O) groups is 2. The topological polar surface area (TPSA) is 91.8 Å². The molecule has 1 unspecified atom stereocenters. The third kappa shape index (κ3) is 4.35. The van der Waals surface area contributed by atoms with Gasteiger partial charge in [0.25, 0.3) is 5.91 Å². The maximum atomic E-state index is 12.6. The number of hydrogen-bond donors (Lipinski definition) is 2. The van der Waals surface area contributed by atoms with E-state index in [9.17, 15) is 9.59 Å². The minimum Gasteiger partial charge on any atom is -0.465 e. The molecule has 1 aliphatic heterocycles. The average Bonchev–Trinajstić information content (AvgIpc) is 2.77. The first-order chi connectivity index (χ1) is 15.1. The lowest BCUT2D eigenvalue weighted by Gasteiger charge is -2.42. The number of aromatic nitrogens is 1. The van der Waals surface area contributed by atoms with Gasteiger partial charge in [0.05, 0.1) is 18.8 Å². The van der Waals surface area contributed by atoms with Crippen molar-refractivity contribution in [3.63, 3.8) is 0 Å². The molecule has 7 heteroatoms. The van der Waals surface area contributed by atoms with E-state index in [1.807, 2.05) is 12.1 Å². The Balaban J connectivity index is 1.56. The monoisotopic (exact) mass is 437 g/mol. The molecule has 0 saturated carbocycles. The van der Waals surface area contributed by atoms with Crippen LogP contribution in [0.15, 0.2) is 36.4 Å². The van der Waals surface area contributed by atoms with Crippen LogP contribution in [-0.2, 0) is 20.4 Å². The number of benzene rings is 1. The molecule has 2 aromatic rings. The Morgan fingerprint density at radius 3 is 2.53 bits per heavy atom. The molecule has 1 saturated heterocycles. The van der Waals surface area contributed by atoms with Gasteiger partial charge in [-0.15, -0.1) is 0 Å². The number of hydrogen-bond acceptors (Lipinski definition) is 4. The first-order valence-corrected chi connectivity index (χ1v) is 11.1. The van der Waals surface area contributed by atoms with E-state index < -0.39 is 18.1 Å². The lowest BCUT2D eigenvalue weighted by molar-refractivity contribution is -0.131. The highest BCUT2D eigenvalue weighted by molar-refractivity contribution is 5.94. The van der Waals surface area contributed by atoms with Gasteiger partial charge >= 0.3 is 6.09 Å². The van der Waals surface area contributed by atoms with Crippen molar-refractivity contribution >= 4 is 17.8 Å². The summed E-state index contributed by atoms with van der Waals surface area (Å²) in [6.45, 7) is 9.65. The minimum absolute atomic E-state index is 0.0105. The highest BCUT2D eigenvalue weighted by Crippen LogP contribution is 2.46. The van der Waals surface area contributed by atoms with Crippen molar-refractivity contribution < 1.29 is 19.4 Å². The van der Waals surface area contributed by atoms with Gasteiger partial charge in [-0.1, -0.05) is 45.9 Å². The predicted octanol–water partition coefficient (Wildman–Crippen LogP) is 4.41. The van der Waals surface area contributed by atoms with Crippen LogP contribution >= 0.6 is 0 Å². The van der Waals surface area contributed by atoms with E-state index in [-0.39, 0.29) is 30.5 Å². The van der Waals surface area contributed by atoms with Crippen LogP contribution in [0, 0.1) is 0 Å². The lowest BCUT2D eigenvalue weighted by Crippen LogP contribution is -2.49. The van der Waals surface area contributed by atoms with Crippen molar-refractivity contribution in [3.8, 4) is 11.3 Å². The van der Waals surface area contributed by atoms with Crippen molar-refractivity contribution in [2.75, 3.05) is 25.0 Å². The minimum atomic E-state index is -1.05. The molecule has 2 aliphatic rings. The molecule has 32 heavy (non-hydrogen) atoms. The van der Waals surface area contributed by atoms with Crippen LogP contribution in [0.1, 0.15) is 51.7 Å². The smallest absolute Gasteiger partial charge is 0.407 e. The van der Waals surface area contributed by atoms with Gasteiger partial charge in [0.15, 0.2) is 6.10 Å². The molecule has 0 radical (unpaired) electrons. The van der Waals surface area contributed by atoms with Crippen LogP contribution < -0.4 is 5.32 Å². The second kappa shape index (κ2) is 8.20. The number of rotatable bonds is 3. The van der Waals surface area contributed by atoms with E-state index >= 15 is 0 Å². The zero-order chi connectivity index (χ0) is 23.1. The van der Waals surface area contributed by atoms with Crippen molar-refractivity contribution in [2.24, 2.45) is 0 Å². The molecule has 4 rings (SSSR count). The van der Waals surface area contributed by atoms with Crippen LogP contribution in [0.3, 0.4) is 0 Å². The number of ether oxygens (including phenoxy) is 1. The van der Waals surface area contributed by atoms with Crippen molar-refractivity contribution in [3.05, 3.63) is 47.5 Å². The van der Waals surface area contributed by atoms with E-state index in [0.717, 1.165) is 24.1 Å². The summed E-state index contributed by atoms with van der Waals surface area (Å²) >= 11 is 0. The predicted molar refractivity (Wildman–Crippen MR) is 123 cm³/mol. The van der Waals surface area contributed by atoms with E-state index in [4.69, 9.17) is 9.84 Å². The van der Waals surface area contributed by atoms with Crippen LogP contribution in [0.2, 0.25) is 0 Å². The third-order valence-corrected chi connectivity index (χ3v) is 6.78. The standard InChI is InChI=1S/C25H31N3O4/c1-24(2)10-11-25(3,4)18-14-16(8-9-17(18)24)19-6-5-7-21(26-19)27-22(29)20-15-28(23(30)31)12-13-32-20/h5-9,14,20H,10-13,15H2,1-4H3,(H,30,31)(H,26,27,29). The van der Waals surface area contributed by atoms with Crippen molar-refractivity contribution in [2.45, 2.75) is 57.5 Å². The maximum Gasteiger partial charge on any atom is 0.407 e. The SMILES string of the molecule is CC1(C)CCC(C)(C)c2cc(-c3cccc(NC(=O)C4CN(C(=O)O)CCO4)n3)ccc21. The molecule has 2 amide bonds. The van der Waals surface area contributed by atoms with Crippen LogP contribution in [0.25, 0.3) is 11.3 Å². The first kappa shape index (κ1) is 22.3. The number of nitrogens with zero attached hydrogens (tertiary/aromatic N) is 2. The summed E-state index contributed by atoms with van der Waals surface area (Å²) in [5.74, 6) is 0.0229. The number of anilines is 1. The maximum absolute atomic E-state index is 12.6. The molecule has 7 nitrogen and oxygen atoms in total. The molecular formula is C25H31N3O4. The Morgan fingerprint density at radius 1 is 1.09 bits per heavy atom. The van der Waals surface area contributed by atoms with E-state index in [0.29, 0.717) is 5.82 Å². The molecule has 0 bridgehead atoms. The zero-order valence-electron chi connectivity index (χ0n) is 19.1. The van der Waals surface area contributed by atoms with Crippen LogP contribution in [0.4, 0.5) is 10.6 Å². The van der Waals surface area contributed by atoms with Gasteiger partial charge in [0, 0.05) is 12.1 Å². The second-order valence-corrected chi connectivity index (χ2v) is 10.0. The van der Waals surface area contributed by atoms with Gasteiger partial charge in [-0.3, -0.25) is 4.79 Å². The fraction of sp³-hybridized carbons (Fsp3) is 0.480. The molecule has 1 aromatic carbocycles. The van der Waals surface area contributed by atoms with Crippen molar-refractivity contribution in [1.82, 2.24) is 9.88 Å². The lowest BCUT2D eigenvalue weighted by atomic mass is 9.63. The Morgan fingerprint density at radius 2 is 1.81 bits per heavy atom. The molecule has 1 aliphatic carbocycles. The number of carbonyl (C=O) groups excluding carboxylic acids is 1. The van der Waals surface area contributed by atoms with E-state index in [1.54, 1.807) is 6.07 Å². The number of fused-ring (bicyclic) bond motifs is 1. The number of pyridine rings is 1. The number of morpholine rings is 1. The van der Waals surface area contributed by atoms with Gasteiger partial charge in [-0.2, -0.15) is 0 Å². The van der Waals surface area contributed by atoms with Crippen molar-refractivity contribution in [1.29, 1.82) is 0 Å². The van der Waals surface area contributed by atoms with Gasteiger partial charge in [0.1, 0.15) is 5.82 Å². The van der Waals surface area contributed by atoms with E-state index in [1.165, 1.54) is 16.0 Å². The second-order valence-electron chi connectivity index (χ2n) is 10.0. The highest BCUT2D eigenvalue weighted by Gasteiger charge is 2.37. The zero-order valence-corrected chi connectivity index (χ0v) is 19.1. The molecule has 1 fully saturated rings. The summed E-state index contributed by atoms with van der Waals surface area (Å²) in [5.41, 5.74) is 4.78. The summed E-state index contributed by atoms with van der Waals surface area (Å²) < 4.78 is 5.47. The van der Waals surface area contributed by atoms with E-state index in [2.05, 4.69) is 56.2 Å². The molecular weight excluding hydrogens is 406 g/mol. The van der Waals surface area contributed by atoms with Crippen LogP contribution in [-0.4, -0.2) is 52.8 Å². The van der Waals surface area contributed by atoms with Gasteiger partial charge < -0.3 is 20.1 Å². The number of amides is 2. The summed E-state index contributed by atoms with van der Waals surface area (Å²) in [6.07, 6.45) is 0.394. The fourth-order valence-corrected chi connectivity index (χ4v) is 4.60. The summed E-state index contributed by atoms with van der Waals surface area (Å²) in [7, 11) is 0. The number of nitrogens with one attached hydrogen (secondary N) is 1. The van der Waals surface area contributed by atoms with Crippen LogP contribution in [0.5, 0.6) is 0 Å². The Kier molecular flexibility index (Phi) is 5.71. The molecule has 2 heterocycles. The third-order valence-electron chi connectivity index (χ3n) is 6.78. The Bertz CT molecular complexity index is 1050. The highest BCUT2D eigenvalue weighted by atomic mass is 16.5. The molecule has 2 N–H and O–H groups in total. The molecule has 1 atom stereocenters. The van der Waals surface area contributed by atoms with Gasteiger partial charge in [-0.25, -0.2) is 9.78 Å². The quantitative estimate of drug-likeness (QED) is 0.742. The molecule has 170 valence electrons. The van der Waals surface area contributed by atoms with Gasteiger partial charge in [0.2, 0.25) is 0 Å². The largest absolute Gasteiger partial charge is 0.465 e. The summed E-state index contributed by atoms with van der Waals surface area (Å²) in [6, 6.07) is 12.1. The summed E-state index contributed by atoms with van der Waals surface area (Å²) in [5, 5.41) is 11.9. The summed E-state index contributed by atoms with van der Waals surface area (Å²) in [4.78, 5) is 29.7. The normalized spacial score (nSPS) is 21.5.